The zero-order chi connectivity index (χ0) is 20.3. The molecule has 2 amide bonds. The fourth-order valence-electron chi connectivity index (χ4n) is 2.04. The third-order valence-corrected chi connectivity index (χ3v) is 3.55. The number of esters is 2. The lowest BCUT2D eigenvalue weighted by Crippen LogP contribution is -2.46. The van der Waals surface area contributed by atoms with Crippen LogP contribution in [-0.2, 0) is 28.7 Å². The SMILES string of the molecule is COC(=O)[C@H](C)NC(=O)CN(C)CCN(C)CC(=O)N[C@@H](C)C(=O)OC. The van der Waals surface area contributed by atoms with Gasteiger partial charge in [-0.1, -0.05) is 0 Å². The van der Waals surface area contributed by atoms with E-state index < -0.39 is 24.0 Å². The minimum atomic E-state index is -0.705. The number of ether oxygens (including phenoxy) is 2. The second-order valence-corrected chi connectivity index (χ2v) is 6.10. The molecule has 0 aliphatic carbocycles. The Morgan fingerprint density at radius 1 is 0.769 bits per heavy atom. The molecule has 0 fully saturated rings. The maximum absolute atomic E-state index is 11.8. The van der Waals surface area contributed by atoms with E-state index in [1.807, 2.05) is 0 Å². The highest BCUT2D eigenvalue weighted by atomic mass is 16.5. The van der Waals surface area contributed by atoms with E-state index in [0.29, 0.717) is 13.1 Å². The minimum absolute atomic E-state index is 0.112. The Hall–Kier alpha value is -2.20. The second-order valence-electron chi connectivity index (χ2n) is 6.10. The lowest BCUT2D eigenvalue weighted by Gasteiger charge is -2.22. The summed E-state index contributed by atoms with van der Waals surface area (Å²) < 4.78 is 9.08. The molecule has 0 aromatic carbocycles. The van der Waals surface area contributed by atoms with Gasteiger partial charge in [0.1, 0.15) is 12.1 Å². The lowest BCUT2D eigenvalue weighted by molar-refractivity contribution is -0.145. The molecule has 0 spiro atoms. The quantitative estimate of drug-likeness (QED) is 0.407. The predicted octanol–water partition coefficient (Wildman–Crippen LogP) is -1.79. The van der Waals surface area contributed by atoms with Gasteiger partial charge in [0.05, 0.1) is 27.3 Å². The van der Waals surface area contributed by atoms with Crippen LogP contribution in [0.3, 0.4) is 0 Å². The summed E-state index contributed by atoms with van der Waals surface area (Å²) in [4.78, 5) is 49.7. The number of hydrogen-bond acceptors (Lipinski definition) is 8. The third kappa shape index (κ3) is 9.94. The number of nitrogens with one attached hydrogen (secondary N) is 2. The van der Waals surface area contributed by atoms with Gasteiger partial charge in [0, 0.05) is 13.1 Å². The average molecular weight is 374 g/mol. The molecular weight excluding hydrogens is 344 g/mol. The van der Waals surface area contributed by atoms with Crippen LogP contribution >= 0.6 is 0 Å². The molecule has 10 nitrogen and oxygen atoms in total. The predicted molar refractivity (Wildman–Crippen MR) is 94.2 cm³/mol. The van der Waals surface area contributed by atoms with Crippen LogP contribution in [0.4, 0.5) is 0 Å². The van der Waals surface area contributed by atoms with E-state index in [1.165, 1.54) is 14.2 Å². The first-order chi connectivity index (χ1) is 12.1. The Morgan fingerprint density at radius 3 is 1.35 bits per heavy atom. The molecule has 0 bridgehead atoms. The van der Waals surface area contributed by atoms with E-state index in [1.54, 1.807) is 37.7 Å². The zero-order valence-electron chi connectivity index (χ0n) is 16.3. The smallest absolute Gasteiger partial charge is 0.328 e. The van der Waals surface area contributed by atoms with Gasteiger partial charge in [-0.05, 0) is 27.9 Å². The number of methoxy groups -OCH3 is 2. The zero-order valence-corrected chi connectivity index (χ0v) is 16.3. The summed E-state index contributed by atoms with van der Waals surface area (Å²) in [5.41, 5.74) is 0. The number of hydrogen-bond donors (Lipinski definition) is 2. The first-order valence-corrected chi connectivity index (χ1v) is 8.22. The van der Waals surface area contributed by atoms with Crippen LogP contribution in [0.2, 0.25) is 0 Å². The molecule has 0 aromatic rings. The summed E-state index contributed by atoms with van der Waals surface area (Å²) in [5.74, 6) is -1.60. The van der Waals surface area contributed by atoms with Gasteiger partial charge >= 0.3 is 11.9 Å². The lowest BCUT2D eigenvalue weighted by atomic mass is 10.3. The van der Waals surface area contributed by atoms with Crippen molar-refractivity contribution in [3.05, 3.63) is 0 Å². The summed E-state index contributed by atoms with van der Waals surface area (Å²) in [6.45, 7) is 4.39. The van der Waals surface area contributed by atoms with Gasteiger partial charge < -0.3 is 20.1 Å². The van der Waals surface area contributed by atoms with Crippen molar-refractivity contribution in [3.63, 3.8) is 0 Å². The fourth-order valence-corrected chi connectivity index (χ4v) is 2.04. The topological polar surface area (TPSA) is 117 Å². The van der Waals surface area contributed by atoms with Crippen molar-refractivity contribution in [3.8, 4) is 0 Å². The molecule has 0 aliphatic rings. The maximum atomic E-state index is 11.8. The molecule has 10 heteroatoms. The number of nitrogens with zero attached hydrogens (tertiary/aromatic N) is 2. The van der Waals surface area contributed by atoms with E-state index >= 15 is 0 Å². The molecule has 150 valence electrons. The Labute approximate surface area is 154 Å². The highest BCUT2D eigenvalue weighted by Gasteiger charge is 2.18. The van der Waals surface area contributed by atoms with Crippen LogP contribution < -0.4 is 10.6 Å². The molecule has 2 atom stereocenters. The molecule has 26 heavy (non-hydrogen) atoms. The van der Waals surface area contributed by atoms with Crippen molar-refractivity contribution in [1.82, 2.24) is 20.4 Å². The largest absolute Gasteiger partial charge is 0.467 e. The number of rotatable bonds is 11. The molecular formula is C16H30N4O6. The Morgan fingerprint density at radius 2 is 1.08 bits per heavy atom. The van der Waals surface area contributed by atoms with Crippen LogP contribution in [0.5, 0.6) is 0 Å². The van der Waals surface area contributed by atoms with Gasteiger partial charge in [-0.2, -0.15) is 0 Å². The Balaban J connectivity index is 4.12. The van der Waals surface area contributed by atoms with Crippen LogP contribution in [0.1, 0.15) is 13.8 Å². The first kappa shape index (κ1) is 23.8. The molecule has 0 aliphatic heterocycles. The van der Waals surface area contributed by atoms with Crippen LogP contribution in [0.15, 0.2) is 0 Å². The number of carbonyl (C=O) groups excluding carboxylic acids is 4. The van der Waals surface area contributed by atoms with Crippen molar-refractivity contribution in [2.24, 2.45) is 0 Å². The Kier molecular flexibility index (Phi) is 11.2. The number of carbonyl (C=O) groups is 4. The minimum Gasteiger partial charge on any atom is -0.467 e. The van der Waals surface area contributed by atoms with Crippen molar-refractivity contribution in [2.45, 2.75) is 25.9 Å². The highest BCUT2D eigenvalue weighted by molar-refractivity contribution is 5.85. The molecule has 0 unspecified atom stereocenters. The fraction of sp³-hybridized carbons (Fsp3) is 0.750. The highest BCUT2D eigenvalue weighted by Crippen LogP contribution is 1.91. The molecule has 0 rings (SSSR count). The average Bonchev–Trinajstić information content (AvgIpc) is 2.57. The van der Waals surface area contributed by atoms with Crippen LogP contribution in [0.25, 0.3) is 0 Å². The molecule has 0 heterocycles. The van der Waals surface area contributed by atoms with Gasteiger partial charge in [-0.3, -0.25) is 19.4 Å². The van der Waals surface area contributed by atoms with Gasteiger partial charge in [-0.15, -0.1) is 0 Å². The summed E-state index contributed by atoms with van der Waals surface area (Å²) in [7, 11) is 6.04. The van der Waals surface area contributed by atoms with Crippen molar-refractivity contribution >= 4 is 23.8 Å². The molecule has 0 saturated heterocycles. The summed E-state index contributed by atoms with van der Waals surface area (Å²) >= 11 is 0. The third-order valence-electron chi connectivity index (χ3n) is 3.55. The summed E-state index contributed by atoms with van der Waals surface area (Å²) in [5, 5.41) is 5.08. The molecule has 0 saturated carbocycles. The van der Waals surface area contributed by atoms with Gasteiger partial charge in [0.2, 0.25) is 11.8 Å². The van der Waals surface area contributed by atoms with Crippen molar-refractivity contribution in [2.75, 3.05) is 54.5 Å². The van der Waals surface area contributed by atoms with Gasteiger partial charge in [-0.25, -0.2) is 9.59 Å². The van der Waals surface area contributed by atoms with Gasteiger partial charge in [0.15, 0.2) is 0 Å². The van der Waals surface area contributed by atoms with Crippen LogP contribution in [0, 0.1) is 0 Å². The Bertz CT molecular complexity index is 455. The van der Waals surface area contributed by atoms with Crippen molar-refractivity contribution in [1.29, 1.82) is 0 Å². The van der Waals surface area contributed by atoms with E-state index in [0.717, 1.165) is 0 Å². The monoisotopic (exact) mass is 374 g/mol. The molecule has 0 radical (unpaired) electrons. The van der Waals surface area contributed by atoms with E-state index in [4.69, 9.17) is 0 Å². The maximum Gasteiger partial charge on any atom is 0.328 e. The standard InChI is InChI=1S/C16H30N4O6/c1-11(15(23)25-5)17-13(21)9-19(3)7-8-20(4)10-14(22)18-12(2)16(24)26-6/h11-12H,7-10H2,1-6H3,(H,17,21)(H,18,22)/t11-,12-/m0/s1. The van der Waals surface area contributed by atoms with E-state index in [2.05, 4.69) is 20.1 Å². The normalized spacial score (nSPS) is 13.1. The first-order valence-electron chi connectivity index (χ1n) is 8.22. The van der Waals surface area contributed by atoms with Gasteiger partial charge in [0.25, 0.3) is 0 Å². The summed E-state index contributed by atoms with van der Waals surface area (Å²) in [6.07, 6.45) is 0. The number of amides is 2. The molecule has 0 aromatic heterocycles. The van der Waals surface area contributed by atoms with Crippen LogP contribution in [-0.4, -0.2) is 100 Å². The molecule has 2 N–H and O–H groups in total. The number of likely N-dealkylation sites (N-methyl/N-ethyl adjacent to an activating group) is 2. The second kappa shape index (κ2) is 12.2. The summed E-state index contributed by atoms with van der Waals surface area (Å²) in [6, 6.07) is -1.41. The van der Waals surface area contributed by atoms with E-state index in [9.17, 15) is 19.2 Å². The van der Waals surface area contributed by atoms with E-state index in [-0.39, 0.29) is 24.9 Å². The van der Waals surface area contributed by atoms with Crippen molar-refractivity contribution < 1.29 is 28.7 Å².